The van der Waals surface area contributed by atoms with Crippen molar-refractivity contribution >= 4 is 33.3 Å². The molecule has 0 bridgehead atoms. The molecule has 0 unspecified atom stereocenters. The Morgan fingerprint density at radius 3 is 2.79 bits per heavy atom. The summed E-state index contributed by atoms with van der Waals surface area (Å²) in [5.41, 5.74) is 4.41. The lowest BCUT2D eigenvalue weighted by molar-refractivity contribution is 0.780. The third kappa shape index (κ3) is 2.85. The van der Waals surface area contributed by atoms with Crippen molar-refractivity contribution in [2.24, 2.45) is 0 Å². The summed E-state index contributed by atoms with van der Waals surface area (Å²) in [6.45, 7) is 0.967. The van der Waals surface area contributed by atoms with E-state index >= 15 is 0 Å². The van der Waals surface area contributed by atoms with Gasteiger partial charge in [0.2, 0.25) is 0 Å². The minimum absolute atomic E-state index is 0.716. The van der Waals surface area contributed by atoms with Crippen molar-refractivity contribution < 1.29 is 0 Å². The standard InChI is InChI=1S/C19H17BrClN3/c20-17-10-2-1-8-15(17)18-16-9-3-4-11-22-19(16)24(23-18)14-7-5-6-13(21)12-14/h1-2,5-8,10,12,22H,3-4,9,11H2. The molecule has 1 aliphatic rings. The topological polar surface area (TPSA) is 29.9 Å². The molecule has 0 atom stereocenters. The van der Waals surface area contributed by atoms with Gasteiger partial charge in [-0.15, -0.1) is 0 Å². The van der Waals surface area contributed by atoms with Crippen LogP contribution in [0.15, 0.2) is 53.0 Å². The Morgan fingerprint density at radius 1 is 1.08 bits per heavy atom. The van der Waals surface area contributed by atoms with Gasteiger partial charge in [0.05, 0.1) is 11.4 Å². The quantitative estimate of drug-likeness (QED) is 0.595. The number of benzene rings is 2. The zero-order valence-corrected chi connectivity index (χ0v) is 15.4. The van der Waals surface area contributed by atoms with E-state index in [1.54, 1.807) is 0 Å². The molecular formula is C19H17BrClN3. The molecule has 122 valence electrons. The van der Waals surface area contributed by atoms with Crippen molar-refractivity contribution in [2.75, 3.05) is 11.9 Å². The molecule has 1 aliphatic heterocycles. The molecule has 3 aromatic rings. The lowest BCUT2D eigenvalue weighted by Crippen LogP contribution is -2.07. The van der Waals surface area contributed by atoms with E-state index in [2.05, 4.69) is 39.4 Å². The van der Waals surface area contributed by atoms with E-state index in [4.69, 9.17) is 16.7 Å². The smallest absolute Gasteiger partial charge is 0.133 e. The van der Waals surface area contributed by atoms with Gasteiger partial charge < -0.3 is 5.32 Å². The summed E-state index contributed by atoms with van der Waals surface area (Å²) in [7, 11) is 0. The summed E-state index contributed by atoms with van der Waals surface area (Å²) >= 11 is 9.86. The van der Waals surface area contributed by atoms with Crippen molar-refractivity contribution in [3.05, 3.63) is 63.6 Å². The molecule has 5 heteroatoms. The minimum Gasteiger partial charge on any atom is -0.370 e. The zero-order chi connectivity index (χ0) is 16.5. The SMILES string of the molecule is Clc1cccc(-n2nc(-c3ccccc3Br)c3c2NCCCC3)c1. The maximum atomic E-state index is 6.19. The second kappa shape index (κ2) is 6.61. The molecule has 3 nitrogen and oxygen atoms in total. The molecule has 1 N–H and O–H groups in total. The fourth-order valence-corrected chi connectivity index (χ4v) is 3.82. The van der Waals surface area contributed by atoms with Gasteiger partial charge in [-0.05, 0) is 43.5 Å². The van der Waals surface area contributed by atoms with Crippen molar-refractivity contribution in [1.29, 1.82) is 0 Å². The molecule has 0 saturated heterocycles. The normalized spacial score (nSPS) is 13.9. The van der Waals surface area contributed by atoms with Gasteiger partial charge in [0, 0.05) is 27.2 Å². The monoisotopic (exact) mass is 401 g/mol. The number of nitrogens with one attached hydrogen (secondary N) is 1. The molecule has 0 spiro atoms. The Morgan fingerprint density at radius 2 is 1.96 bits per heavy atom. The van der Waals surface area contributed by atoms with Gasteiger partial charge in [0.25, 0.3) is 0 Å². The molecular weight excluding hydrogens is 386 g/mol. The third-order valence-electron chi connectivity index (χ3n) is 4.31. The lowest BCUT2D eigenvalue weighted by Gasteiger charge is -2.09. The van der Waals surface area contributed by atoms with Gasteiger partial charge in [-0.25, -0.2) is 4.68 Å². The van der Waals surface area contributed by atoms with E-state index < -0.39 is 0 Å². The van der Waals surface area contributed by atoms with Crippen molar-refractivity contribution in [3.8, 4) is 16.9 Å². The van der Waals surface area contributed by atoms with Crippen molar-refractivity contribution in [2.45, 2.75) is 19.3 Å². The summed E-state index contributed by atoms with van der Waals surface area (Å²) in [6.07, 6.45) is 3.36. The lowest BCUT2D eigenvalue weighted by atomic mass is 10.0. The van der Waals surface area contributed by atoms with E-state index in [9.17, 15) is 0 Å². The van der Waals surface area contributed by atoms with Gasteiger partial charge in [0.15, 0.2) is 0 Å². The van der Waals surface area contributed by atoms with Gasteiger partial charge in [0.1, 0.15) is 5.82 Å². The number of hydrogen-bond acceptors (Lipinski definition) is 2. The van der Waals surface area contributed by atoms with Crippen LogP contribution in [0.25, 0.3) is 16.9 Å². The predicted molar refractivity (Wildman–Crippen MR) is 103 cm³/mol. The van der Waals surface area contributed by atoms with Gasteiger partial charge in [-0.2, -0.15) is 5.10 Å². The Kier molecular flexibility index (Phi) is 4.33. The van der Waals surface area contributed by atoms with Crippen LogP contribution in [0.1, 0.15) is 18.4 Å². The summed E-state index contributed by atoms with van der Waals surface area (Å²) in [6, 6.07) is 16.1. The molecule has 1 aromatic heterocycles. The fourth-order valence-electron chi connectivity index (χ4n) is 3.17. The van der Waals surface area contributed by atoms with Gasteiger partial charge >= 0.3 is 0 Å². The Hall–Kier alpha value is -1.78. The molecule has 0 amide bonds. The van der Waals surface area contributed by atoms with Crippen LogP contribution >= 0.6 is 27.5 Å². The number of aromatic nitrogens is 2. The maximum absolute atomic E-state index is 6.19. The molecule has 0 aliphatic carbocycles. The average Bonchev–Trinajstić information content (AvgIpc) is 2.77. The maximum Gasteiger partial charge on any atom is 0.133 e. The van der Waals surface area contributed by atoms with Crippen LogP contribution in [0.3, 0.4) is 0 Å². The average molecular weight is 403 g/mol. The van der Waals surface area contributed by atoms with Crippen molar-refractivity contribution in [3.63, 3.8) is 0 Å². The van der Waals surface area contributed by atoms with Crippen LogP contribution in [0.5, 0.6) is 0 Å². The number of nitrogens with zero attached hydrogens (tertiary/aromatic N) is 2. The van der Waals surface area contributed by atoms with Gasteiger partial charge in [-0.3, -0.25) is 0 Å². The van der Waals surface area contributed by atoms with Crippen LogP contribution < -0.4 is 5.32 Å². The summed E-state index contributed by atoms with van der Waals surface area (Å²) in [4.78, 5) is 0. The highest BCUT2D eigenvalue weighted by Gasteiger charge is 2.22. The number of fused-ring (bicyclic) bond motifs is 1. The number of rotatable bonds is 2. The van der Waals surface area contributed by atoms with Crippen LogP contribution in [0, 0.1) is 0 Å². The second-order valence-corrected chi connectivity index (χ2v) is 7.22. The number of anilines is 1. The zero-order valence-electron chi connectivity index (χ0n) is 13.1. The van der Waals surface area contributed by atoms with Crippen LogP contribution in [-0.2, 0) is 6.42 Å². The number of halogens is 2. The number of hydrogen-bond donors (Lipinski definition) is 1. The molecule has 4 rings (SSSR count). The highest BCUT2D eigenvalue weighted by atomic mass is 79.9. The minimum atomic E-state index is 0.716. The van der Waals surface area contributed by atoms with Crippen LogP contribution in [0.2, 0.25) is 5.02 Å². The summed E-state index contributed by atoms with van der Waals surface area (Å²) in [5.74, 6) is 1.08. The van der Waals surface area contributed by atoms with Gasteiger partial charge in [-0.1, -0.05) is 51.8 Å². The van der Waals surface area contributed by atoms with Crippen LogP contribution in [0.4, 0.5) is 5.82 Å². The van der Waals surface area contributed by atoms with Crippen LogP contribution in [-0.4, -0.2) is 16.3 Å². The van der Waals surface area contributed by atoms with E-state index in [1.807, 2.05) is 35.0 Å². The molecule has 0 fully saturated rings. The van der Waals surface area contributed by atoms with Crippen molar-refractivity contribution in [1.82, 2.24) is 9.78 Å². The molecule has 2 heterocycles. The first kappa shape index (κ1) is 15.7. The molecule has 24 heavy (non-hydrogen) atoms. The summed E-state index contributed by atoms with van der Waals surface area (Å²) in [5, 5.41) is 9.22. The second-order valence-electron chi connectivity index (χ2n) is 5.93. The first-order valence-electron chi connectivity index (χ1n) is 8.10. The van der Waals surface area contributed by atoms with E-state index in [0.29, 0.717) is 5.02 Å². The highest BCUT2D eigenvalue weighted by molar-refractivity contribution is 9.10. The highest BCUT2D eigenvalue weighted by Crippen LogP contribution is 2.37. The predicted octanol–water partition coefficient (Wildman–Crippen LogP) is 5.70. The van der Waals surface area contributed by atoms with E-state index in [0.717, 1.165) is 40.2 Å². The Balaban J connectivity index is 1.94. The van der Waals surface area contributed by atoms with E-state index in [1.165, 1.54) is 18.4 Å². The fraction of sp³-hybridized carbons (Fsp3) is 0.211. The summed E-state index contributed by atoms with van der Waals surface area (Å²) < 4.78 is 3.05. The molecule has 0 saturated carbocycles. The largest absolute Gasteiger partial charge is 0.370 e. The Labute approximate surface area is 154 Å². The first-order chi connectivity index (χ1) is 11.7. The molecule has 0 radical (unpaired) electrons. The van der Waals surface area contributed by atoms with E-state index in [-0.39, 0.29) is 0 Å². The molecule has 2 aromatic carbocycles. The third-order valence-corrected chi connectivity index (χ3v) is 5.24. The Bertz CT molecular complexity index is 888. The first-order valence-corrected chi connectivity index (χ1v) is 9.28.